The second kappa shape index (κ2) is 4.24. The summed E-state index contributed by atoms with van der Waals surface area (Å²) in [7, 11) is 0. The van der Waals surface area contributed by atoms with E-state index in [1.54, 1.807) is 0 Å². The third-order valence-corrected chi connectivity index (χ3v) is 3.57. The zero-order chi connectivity index (χ0) is 12.7. The van der Waals surface area contributed by atoms with Crippen molar-refractivity contribution in [3.8, 4) is 11.4 Å². The maximum absolute atomic E-state index is 11.2. The first kappa shape index (κ1) is 11.5. The minimum Gasteiger partial charge on any atom is -0.476 e. The highest BCUT2D eigenvalue weighted by molar-refractivity contribution is 9.10. The number of imidazole rings is 1. The van der Waals surface area contributed by atoms with Gasteiger partial charge in [-0.3, -0.25) is 0 Å². The van der Waals surface area contributed by atoms with Gasteiger partial charge < -0.3 is 10.1 Å². The SMILES string of the molecule is O=C(O)c1nc(-c2ccc(Br)cc2)[nH]c1C1CC1. The molecule has 0 atom stereocenters. The molecule has 2 N–H and O–H groups in total. The molecule has 0 unspecified atom stereocenters. The van der Waals surface area contributed by atoms with Crippen molar-refractivity contribution < 1.29 is 9.90 Å². The van der Waals surface area contributed by atoms with Gasteiger partial charge in [0.1, 0.15) is 5.82 Å². The Kier molecular flexibility index (Phi) is 2.70. The van der Waals surface area contributed by atoms with Crippen LogP contribution in [0.5, 0.6) is 0 Å². The lowest BCUT2D eigenvalue weighted by atomic mass is 10.2. The van der Waals surface area contributed by atoms with Gasteiger partial charge in [0.25, 0.3) is 0 Å². The van der Waals surface area contributed by atoms with Gasteiger partial charge in [-0.05, 0) is 25.0 Å². The second-order valence-corrected chi connectivity index (χ2v) is 5.35. The lowest BCUT2D eigenvalue weighted by Crippen LogP contribution is -2.00. The summed E-state index contributed by atoms with van der Waals surface area (Å²) in [6.07, 6.45) is 2.09. The van der Waals surface area contributed by atoms with Gasteiger partial charge in [-0.2, -0.15) is 0 Å². The van der Waals surface area contributed by atoms with Gasteiger partial charge in [0.15, 0.2) is 5.69 Å². The van der Waals surface area contributed by atoms with Crippen molar-refractivity contribution in [2.24, 2.45) is 0 Å². The van der Waals surface area contributed by atoms with E-state index in [2.05, 4.69) is 25.9 Å². The number of hydrogen-bond acceptors (Lipinski definition) is 2. The number of carboxylic acid groups (broad SMARTS) is 1. The van der Waals surface area contributed by atoms with Crippen molar-refractivity contribution in [2.45, 2.75) is 18.8 Å². The third-order valence-electron chi connectivity index (χ3n) is 3.04. The van der Waals surface area contributed by atoms with Crippen LogP contribution in [-0.4, -0.2) is 21.0 Å². The van der Waals surface area contributed by atoms with E-state index < -0.39 is 5.97 Å². The average Bonchev–Trinajstić information content (AvgIpc) is 3.09. The molecule has 5 heteroatoms. The van der Waals surface area contributed by atoms with Crippen molar-refractivity contribution in [2.75, 3.05) is 0 Å². The standard InChI is InChI=1S/C13H11BrN2O2/c14-9-5-3-8(4-6-9)12-15-10(7-1-2-7)11(16-12)13(17)18/h3-7H,1-2H2,(H,15,16)(H,17,18). The number of hydrogen-bond donors (Lipinski definition) is 2. The normalized spacial score (nSPS) is 14.7. The zero-order valence-electron chi connectivity index (χ0n) is 9.48. The van der Waals surface area contributed by atoms with Gasteiger partial charge in [0, 0.05) is 16.0 Å². The predicted molar refractivity (Wildman–Crippen MR) is 70.7 cm³/mol. The highest BCUT2D eigenvalue weighted by atomic mass is 79.9. The summed E-state index contributed by atoms with van der Waals surface area (Å²) < 4.78 is 0.985. The monoisotopic (exact) mass is 306 g/mol. The molecule has 1 aliphatic rings. The molecular weight excluding hydrogens is 296 g/mol. The van der Waals surface area contributed by atoms with Crippen LogP contribution in [0.3, 0.4) is 0 Å². The molecule has 0 spiro atoms. The molecule has 0 radical (unpaired) electrons. The number of nitrogens with one attached hydrogen (secondary N) is 1. The predicted octanol–water partition coefficient (Wildman–Crippen LogP) is 3.41. The second-order valence-electron chi connectivity index (χ2n) is 4.43. The number of halogens is 1. The average molecular weight is 307 g/mol. The fraction of sp³-hybridized carbons (Fsp3) is 0.231. The summed E-state index contributed by atoms with van der Waals surface area (Å²) in [6, 6.07) is 7.64. The first-order chi connectivity index (χ1) is 8.65. The Morgan fingerprint density at radius 3 is 2.56 bits per heavy atom. The first-order valence-electron chi connectivity index (χ1n) is 5.74. The molecule has 1 aromatic heterocycles. The molecule has 1 heterocycles. The summed E-state index contributed by atoms with van der Waals surface area (Å²) in [4.78, 5) is 18.5. The first-order valence-corrected chi connectivity index (χ1v) is 6.53. The topological polar surface area (TPSA) is 66.0 Å². The molecule has 0 bridgehead atoms. The molecule has 1 saturated carbocycles. The largest absolute Gasteiger partial charge is 0.476 e. The van der Waals surface area contributed by atoms with Crippen molar-refractivity contribution >= 4 is 21.9 Å². The molecule has 1 aliphatic carbocycles. The number of carboxylic acids is 1. The lowest BCUT2D eigenvalue weighted by Gasteiger charge is -1.96. The molecule has 1 fully saturated rings. The van der Waals surface area contributed by atoms with Gasteiger partial charge in [0.2, 0.25) is 0 Å². The molecule has 18 heavy (non-hydrogen) atoms. The van der Waals surface area contributed by atoms with Crippen LogP contribution in [-0.2, 0) is 0 Å². The van der Waals surface area contributed by atoms with E-state index in [4.69, 9.17) is 5.11 Å². The Bertz CT molecular complexity index is 600. The smallest absolute Gasteiger partial charge is 0.356 e. The number of aromatic nitrogens is 2. The van der Waals surface area contributed by atoms with Crippen molar-refractivity contribution in [1.29, 1.82) is 0 Å². The van der Waals surface area contributed by atoms with E-state index in [-0.39, 0.29) is 5.69 Å². The molecule has 0 saturated heterocycles. The number of benzene rings is 1. The fourth-order valence-corrected chi connectivity index (χ4v) is 2.23. The van der Waals surface area contributed by atoms with Gasteiger partial charge in [-0.25, -0.2) is 9.78 Å². The molecule has 0 amide bonds. The summed E-state index contributed by atoms with van der Waals surface area (Å²) in [5, 5.41) is 9.16. The van der Waals surface area contributed by atoms with Crippen LogP contribution in [0.15, 0.2) is 28.7 Å². The van der Waals surface area contributed by atoms with Gasteiger partial charge in [0.05, 0.1) is 5.69 Å². The summed E-state index contributed by atoms with van der Waals surface area (Å²) in [5.41, 5.74) is 1.82. The van der Waals surface area contributed by atoms with E-state index >= 15 is 0 Å². The molecule has 1 aromatic carbocycles. The third kappa shape index (κ3) is 2.06. The number of rotatable bonds is 3. The summed E-state index contributed by atoms with van der Waals surface area (Å²) in [6.45, 7) is 0. The van der Waals surface area contributed by atoms with E-state index in [0.717, 1.165) is 28.6 Å². The van der Waals surface area contributed by atoms with Crippen LogP contribution in [0.4, 0.5) is 0 Å². The number of H-pyrrole nitrogens is 1. The Balaban J connectivity index is 2.04. The molecular formula is C13H11BrN2O2. The molecule has 3 rings (SSSR count). The molecule has 0 aliphatic heterocycles. The van der Waals surface area contributed by atoms with Gasteiger partial charge >= 0.3 is 5.97 Å². The van der Waals surface area contributed by atoms with Crippen LogP contribution in [0.1, 0.15) is 34.9 Å². The van der Waals surface area contributed by atoms with Crippen molar-refractivity contribution in [3.63, 3.8) is 0 Å². The maximum Gasteiger partial charge on any atom is 0.356 e. The number of carbonyl (C=O) groups is 1. The zero-order valence-corrected chi connectivity index (χ0v) is 11.1. The number of aromatic amines is 1. The molecule has 2 aromatic rings. The van der Waals surface area contributed by atoms with Crippen molar-refractivity contribution in [3.05, 3.63) is 40.1 Å². The van der Waals surface area contributed by atoms with Gasteiger partial charge in [-0.15, -0.1) is 0 Å². The van der Waals surface area contributed by atoms with Crippen LogP contribution >= 0.6 is 15.9 Å². The maximum atomic E-state index is 11.2. The van der Waals surface area contributed by atoms with E-state index in [9.17, 15) is 4.79 Å². The van der Waals surface area contributed by atoms with Crippen LogP contribution < -0.4 is 0 Å². The van der Waals surface area contributed by atoms with E-state index in [1.807, 2.05) is 24.3 Å². The van der Waals surface area contributed by atoms with Gasteiger partial charge in [-0.1, -0.05) is 28.1 Å². The van der Waals surface area contributed by atoms with Crippen LogP contribution in [0, 0.1) is 0 Å². The Morgan fingerprint density at radius 1 is 1.33 bits per heavy atom. The number of aromatic carboxylic acids is 1. The van der Waals surface area contributed by atoms with E-state index in [0.29, 0.717) is 11.7 Å². The van der Waals surface area contributed by atoms with Crippen LogP contribution in [0.2, 0.25) is 0 Å². The fourth-order valence-electron chi connectivity index (χ4n) is 1.96. The van der Waals surface area contributed by atoms with Crippen molar-refractivity contribution in [1.82, 2.24) is 9.97 Å². The molecule has 92 valence electrons. The Hall–Kier alpha value is -1.62. The molecule has 4 nitrogen and oxygen atoms in total. The highest BCUT2D eigenvalue weighted by Gasteiger charge is 2.31. The summed E-state index contributed by atoms with van der Waals surface area (Å²) >= 11 is 3.37. The quantitative estimate of drug-likeness (QED) is 0.913. The number of nitrogens with zero attached hydrogens (tertiary/aromatic N) is 1. The lowest BCUT2D eigenvalue weighted by molar-refractivity contribution is 0.0690. The summed E-state index contributed by atoms with van der Waals surface area (Å²) in [5.74, 6) is 0.00566. The minimum atomic E-state index is -0.962. The highest BCUT2D eigenvalue weighted by Crippen LogP contribution is 2.41. The minimum absolute atomic E-state index is 0.162. The Labute approximate surface area is 112 Å². The van der Waals surface area contributed by atoms with E-state index in [1.165, 1.54) is 0 Å². The Morgan fingerprint density at radius 2 is 2.00 bits per heavy atom. The van der Waals surface area contributed by atoms with Crippen LogP contribution in [0.25, 0.3) is 11.4 Å².